The Balaban J connectivity index is 1.62. The van der Waals surface area contributed by atoms with Crippen molar-refractivity contribution in [3.8, 4) is 5.75 Å². The number of amides is 1. The van der Waals surface area contributed by atoms with Crippen LogP contribution in [-0.4, -0.2) is 23.2 Å². The molecular weight excluding hydrogens is 270 g/mol. The summed E-state index contributed by atoms with van der Waals surface area (Å²) in [5, 5.41) is 6.65. The number of nitrogens with one attached hydrogen (secondary N) is 1. The van der Waals surface area contributed by atoms with Crippen LogP contribution < -0.4 is 10.1 Å². The van der Waals surface area contributed by atoms with E-state index in [0.29, 0.717) is 35.0 Å². The van der Waals surface area contributed by atoms with E-state index in [4.69, 9.17) is 9.26 Å². The van der Waals surface area contributed by atoms with E-state index in [-0.39, 0.29) is 12.3 Å². The number of hydrogen-bond acceptors (Lipinski definition) is 5. The Morgan fingerprint density at radius 3 is 2.95 bits per heavy atom. The second-order valence-electron chi connectivity index (χ2n) is 5.29. The number of ether oxygens (including phenoxy) is 1. The van der Waals surface area contributed by atoms with Gasteiger partial charge in [-0.2, -0.15) is 4.98 Å². The molecule has 6 heteroatoms. The molecule has 1 saturated carbocycles. The van der Waals surface area contributed by atoms with E-state index in [1.165, 1.54) is 0 Å². The summed E-state index contributed by atoms with van der Waals surface area (Å²) in [7, 11) is 1.56. The predicted octanol–water partition coefficient (Wildman–Crippen LogP) is 2.38. The molecule has 1 aromatic heterocycles. The molecule has 2 atom stereocenters. The van der Waals surface area contributed by atoms with Crippen molar-refractivity contribution in [3.05, 3.63) is 36.0 Å². The topological polar surface area (TPSA) is 77.2 Å². The first-order chi connectivity index (χ1) is 10.2. The Kier molecular flexibility index (Phi) is 3.60. The first-order valence-electron chi connectivity index (χ1n) is 6.92. The third-order valence-corrected chi connectivity index (χ3v) is 3.61. The number of carbonyl (C=O) groups excluding carboxylic acids is 1. The van der Waals surface area contributed by atoms with Gasteiger partial charge in [-0.05, 0) is 24.5 Å². The van der Waals surface area contributed by atoms with Gasteiger partial charge < -0.3 is 14.6 Å². The van der Waals surface area contributed by atoms with Crippen LogP contribution in [0.3, 0.4) is 0 Å². The first-order valence-corrected chi connectivity index (χ1v) is 6.92. The van der Waals surface area contributed by atoms with Gasteiger partial charge in [0.05, 0.1) is 19.2 Å². The highest BCUT2D eigenvalue weighted by molar-refractivity contribution is 5.93. The van der Waals surface area contributed by atoms with Gasteiger partial charge in [-0.25, -0.2) is 0 Å². The minimum absolute atomic E-state index is 0.0860. The standard InChI is InChI=1S/C15H17N3O3/c1-9-7-10(9)15-17-13(18-21-15)8-14(19)16-11-5-3-4-6-12(11)20-2/h3-6,9-10H,7-8H2,1-2H3,(H,16,19)/t9-,10-/m1/s1. The van der Waals surface area contributed by atoms with Crippen LogP contribution in [0.4, 0.5) is 5.69 Å². The number of hydrogen-bond donors (Lipinski definition) is 1. The molecule has 110 valence electrons. The molecule has 0 aliphatic heterocycles. The maximum absolute atomic E-state index is 12.0. The number of methoxy groups -OCH3 is 1. The fraction of sp³-hybridized carbons (Fsp3) is 0.400. The second kappa shape index (κ2) is 5.55. The van der Waals surface area contributed by atoms with Gasteiger partial charge in [0.15, 0.2) is 5.82 Å². The van der Waals surface area contributed by atoms with Crippen molar-refractivity contribution >= 4 is 11.6 Å². The Hall–Kier alpha value is -2.37. The van der Waals surface area contributed by atoms with Crippen molar-refractivity contribution in [1.82, 2.24) is 10.1 Å². The highest BCUT2D eigenvalue weighted by atomic mass is 16.5. The highest BCUT2D eigenvalue weighted by Crippen LogP contribution is 2.45. The molecule has 2 aromatic rings. The smallest absolute Gasteiger partial charge is 0.232 e. The van der Waals surface area contributed by atoms with Crippen LogP contribution >= 0.6 is 0 Å². The van der Waals surface area contributed by atoms with Crippen LogP contribution in [0.2, 0.25) is 0 Å². The van der Waals surface area contributed by atoms with Gasteiger partial charge in [0.2, 0.25) is 11.8 Å². The fourth-order valence-electron chi connectivity index (χ4n) is 2.24. The van der Waals surface area contributed by atoms with Crippen LogP contribution in [0.15, 0.2) is 28.8 Å². The van der Waals surface area contributed by atoms with Gasteiger partial charge in [-0.3, -0.25) is 4.79 Å². The first kappa shape index (κ1) is 13.6. The average molecular weight is 287 g/mol. The molecule has 21 heavy (non-hydrogen) atoms. The number of aromatic nitrogens is 2. The molecule has 1 fully saturated rings. The van der Waals surface area contributed by atoms with Crippen molar-refractivity contribution in [3.63, 3.8) is 0 Å². The van der Waals surface area contributed by atoms with E-state index in [2.05, 4.69) is 22.4 Å². The molecule has 0 bridgehead atoms. The number of para-hydroxylation sites is 2. The third-order valence-electron chi connectivity index (χ3n) is 3.61. The SMILES string of the molecule is COc1ccccc1NC(=O)Cc1noc([C@@H]2C[C@H]2C)n1. The minimum atomic E-state index is -0.198. The van der Waals surface area contributed by atoms with Crippen LogP contribution in [-0.2, 0) is 11.2 Å². The zero-order valence-corrected chi connectivity index (χ0v) is 12.0. The van der Waals surface area contributed by atoms with E-state index in [9.17, 15) is 4.79 Å². The van der Waals surface area contributed by atoms with Gasteiger partial charge in [0, 0.05) is 5.92 Å². The zero-order chi connectivity index (χ0) is 14.8. The van der Waals surface area contributed by atoms with Gasteiger partial charge in [-0.1, -0.05) is 24.2 Å². The van der Waals surface area contributed by atoms with Crippen molar-refractivity contribution < 1.29 is 14.1 Å². The second-order valence-corrected chi connectivity index (χ2v) is 5.29. The molecule has 1 heterocycles. The average Bonchev–Trinajstić information content (AvgIpc) is 3.02. The number of rotatable bonds is 5. The van der Waals surface area contributed by atoms with Crippen LogP contribution in [0, 0.1) is 5.92 Å². The highest BCUT2D eigenvalue weighted by Gasteiger charge is 2.38. The molecule has 1 aliphatic rings. The molecule has 0 spiro atoms. The largest absolute Gasteiger partial charge is 0.495 e. The summed E-state index contributed by atoms with van der Waals surface area (Å²) < 4.78 is 10.4. The van der Waals surface area contributed by atoms with E-state index in [0.717, 1.165) is 6.42 Å². The maximum Gasteiger partial charge on any atom is 0.232 e. The third kappa shape index (κ3) is 3.04. The molecule has 1 N–H and O–H groups in total. The van der Waals surface area contributed by atoms with Gasteiger partial charge in [0.25, 0.3) is 0 Å². The van der Waals surface area contributed by atoms with Gasteiger partial charge in [0.1, 0.15) is 5.75 Å². The summed E-state index contributed by atoms with van der Waals surface area (Å²) in [5.74, 6) is 2.44. The number of benzene rings is 1. The minimum Gasteiger partial charge on any atom is -0.495 e. The lowest BCUT2D eigenvalue weighted by atomic mass is 10.2. The van der Waals surface area contributed by atoms with Crippen molar-refractivity contribution in [1.29, 1.82) is 0 Å². The van der Waals surface area contributed by atoms with Gasteiger partial charge in [-0.15, -0.1) is 0 Å². The molecule has 1 aliphatic carbocycles. The molecule has 0 radical (unpaired) electrons. The summed E-state index contributed by atoms with van der Waals surface area (Å²) >= 11 is 0. The maximum atomic E-state index is 12.0. The van der Waals surface area contributed by atoms with Gasteiger partial charge >= 0.3 is 0 Å². The zero-order valence-electron chi connectivity index (χ0n) is 12.0. The van der Waals surface area contributed by atoms with E-state index in [1.807, 2.05) is 12.1 Å². The number of nitrogens with zero attached hydrogens (tertiary/aromatic N) is 2. The van der Waals surface area contributed by atoms with E-state index in [1.54, 1.807) is 19.2 Å². The summed E-state index contributed by atoms with van der Waals surface area (Å²) in [6.07, 6.45) is 1.16. The lowest BCUT2D eigenvalue weighted by molar-refractivity contribution is -0.115. The molecule has 3 rings (SSSR count). The number of carbonyl (C=O) groups is 1. The Morgan fingerprint density at radius 1 is 1.48 bits per heavy atom. The molecule has 1 amide bonds. The van der Waals surface area contributed by atoms with Crippen LogP contribution in [0.25, 0.3) is 0 Å². The van der Waals surface area contributed by atoms with Crippen LogP contribution in [0.5, 0.6) is 5.75 Å². The van der Waals surface area contributed by atoms with E-state index < -0.39 is 0 Å². The monoisotopic (exact) mass is 287 g/mol. The Bertz CT molecular complexity index is 653. The Morgan fingerprint density at radius 2 is 2.24 bits per heavy atom. The summed E-state index contributed by atoms with van der Waals surface area (Å²) in [6.45, 7) is 2.14. The molecule has 6 nitrogen and oxygen atoms in total. The van der Waals surface area contributed by atoms with Crippen molar-refractivity contribution in [2.45, 2.75) is 25.7 Å². The lowest BCUT2D eigenvalue weighted by Crippen LogP contribution is -2.15. The molecule has 0 unspecified atom stereocenters. The summed E-state index contributed by atoms with van der Waals surface area (Å²) in [6, 6.07) is 7.25. The molecular formula is C15H17N3O3. The van der Waals surface area contributed by atoms with Crippen molar-refractivity contribution in [2.75, 3.05) is 12.4 Å². The summed E-state index contributed by atoms with van der Waals surface area (Å²) in [5.41, 5.74) is 0.629. The van der Waals surface area contributed by atoms with Crippen LogP contribution in [0.1, 0.15) is 31.0 Å². The predicted molar refractivity (Wildman–Crippen MR) is 76.1 cm³/mol. The Labute approximate surface area is 122 Å². The number of anilines is 1. The normalized spacial score (nSPS) is 20.1. The fourth-order valence-corrected chi connectivity index (χ4v) is 2.24. The van der Waals surface area contributed by atoms with E-state index >= 15 is 0 Å². The molecule has 1 aromatic carbocycles. The lowest BCUT2D eigenvalue weighted by Gasteiger charge is -2.08. The molecule has 0 saturated heterocycles. The quantitative estimate of drug-likeness (QED) is 0.913. The van der Waals surface area contributed by atoms with Crippen molar-refractivity contribution in [2.24, 2.45) is 5.92 Å². The summed E-state index contributed by atoms with van der Waals surface area (Å²) in [4.78, 5) is 16.3.